The maximum atomic E-state index is 2.52. The van der Waals surface area contributed by atoms with Gasteiger partial charge in [-0.05, 0) is 163 Å². The maximum Gasteiger partial charge on any atom is 0.0810 e. The number of rotatable bonds is 8. The normalized spacial score (nSPS) is 11.8. The van der Waals surface area contributed by atoms with E-state index >= 15 is 0 Å². The molecule has 0 spiro atoms. The predicted molar refractivity (Wildman–Crippen MR) is 485 cm³/mol. The van der Waals surface area contributed by atoms with E-state index in [0.717, 1.165) is 11.4 Å². The Balaban J connectivity index is 0.000000104. The Kier molecular flexibility index (Phi) is 15.2. The molecule has 7 aromatic heterocycles. The molecule has 0 radical (unpaired) electrons. The molecular formula is C108H71N7. The summed E-state index contributed by atoms with van der Waals surface area (Å²) in [5.74, 6) is 0. The molecule has 0 amide bonds. The zero-order chi connectivity index (χ0) is 75.6. The third kappa shape index (κ3) is 10.3. The van der Waals surface area contributed by atoms with Crippen molar-refractivity contribution in [2.75, 3.05) is 0 Å². The molecule has 0 saturated carbocycles. The van der Waals surface area contributed by atoms with Gasteiger partial charge in [0.25, 0.3) is 0 Å². The van der Waals surface area contributed by atoms with Crippen LogP contribution in [0, 0.1) is 0 Å². The van der Waals surface area contributed by atoms with E-state index in [2.05, 4.69) is 463 Å². The van der Waals surface area contributed by atoms with Gasteiger partial charge in [0.05, 0.1) is 82.9 Å². The quantitative estimate of drug-likeness (QED) is 0.145. The molecule has 25 rings (SSSR count). The summed E-state index contributed by atoms with van der Waals surface area (Å²) in [7, 11) is 0. The Bertz CT molecular complexity index is 7910. The van der Waals surface area contributed by atoms with Crippen LogP contribution in [0.1, 0.15) is 0 Å². The zero-order valence-corrected chi connectivity index (χ0v) is 62.6. The number of aromatic nitrogens is 7. The number of hydrogen-bond donors (Lipinski definition) is 0. The maximum absolute atomic E-state index is 2.52. The Morgan fingerprint density at radius 2 is 0.330 bits per heavy atom. The van der Waals surface area contributed by atoms with Crippen molar-refractivity contribution in [2.24, 2.45) is 0 Å². The van der Waals surface area contributed by atoms with E-state index in [1.165, 1.54) is 192 Å². The highest BCUT2D eigenvalue weighted by Gasteiger charge is 2.28. The highest BCUT2D eigenvalue weighted by molar-refractivity contribution is 6.27. The first-order valence-electron chi connectivity index (χ1n) is 39.5. The standard InChI is InChI=1S/C42H27N3.C36H24N2.C30H20N2/c1-3-15-28(16-4-1)43-38-26-14-10-22-33(38)40-39(43)27-34-32-21-9-11-23-35(32)44(29-17-5-2-6-18-29)41(34)42(40)45-36-24-12-7-19-30(36)31-20-8-13-25-37(31)45;1-3-11-25(12-4-1)26-19-21-28(22-20-26)38-34-18-10-8-16-30(34)32-23-35-31(24-36(32)38)29-15-7-9-17-33(29)37(35)27-13-5-2-6-14-27;1-3-11-21(12-4-1)31-27-17-9-7-15-23(27)25-20-30-26(19-29(25)31)24-16-8-10-18-28(24)32(30)22-13-5-2-6-14-22/h1-27H;1-24H;1-20H. The van der Waals surface area contributed by atoms with E-state index in [4.69, 9.17) is 0 Å². The lowest BCUT2D eigenvalue weighted by molar-refractivity contribution is 1.14. The molecule has 0 aliphatic rings. The molecule has 0 N–H and O–H groups in total. The monoisotopic (exact) mass is 1470 g/mol. The van der Waals surface area contributed by atoms with Crippen molar-refractivity contribution in [3.05, 3.63) is 431 Å². The third-order valence-electron chi connectivity index (χ3n) is 23.6. The number of para-hydroxylation sites is 13. The molecule has 7 nitrogen and oxygen atoms in total. The van der Waals surface area contributed by atoms with Crippen LogP contribution in [0.3, 0.4) is 0 Å². The van der Waals surface area contributed by atoms with E-state index < -0.39 is 0 Å². The lowest BCUT2D eigenvalue weighted by atomic mass is 10.1. The van der Waals surface area contributed by atoms with Crippen molar-refractivity contribution in [3.8, 4) is 50.9 Å². The van der Waals surface area contributed by atoms with Crippen LogP contribution >= 0.6 is 0 Å². The number of nitrogens with zero attached hydrogens (tertiary/aromatic N) is 7. The minimum atomic E-state index is 1.15. The molecule has 0 fully saturated rings. The van der Waals surface area contributed by atoms with Crippen molar-refractivity contribution < 1.29 is 0 Å². The van der Waals surface area contributed by atoms with Crippen molar-refractivity contribution in [1.29, 1.82) is 0 Å². The van der Waals surface area contributed by atoms with Gasteiger partial charge in [-0.25, -0.2) is 0 Å². The van der Waals surface area contributed by atoms with E-state index in [1.807, 2.05) is 0 Å². The van der Waals surface area contributed by atoms with Gasteiger partial charge >= 0.3 is 0 Å². The number of benzene rings is 18. The SMILES string of the molecule is c1ccc(-c2ccc(-n3c4ccccc4c4cc5c(cc43)c3ccccc3n5-c3ccccc3)cc2)cc1.c1ccc(-n2c3ccccc3c3c(-n4c5ccccc5c5ccccc54)c4c(cc32)c2ccccc2n4-c2ccccc2)cc1.c1ccc(-n2c3ccccc3c3cc4c(cc32)c2ccccc2n4-c2ccccc2)cc1. The summed E-state index contributed by atoms with van der Waals surface area (Å²) in [6, 6.07) is 155. The fourth-order valence-corrected chi connectivity index (χ4v) is 18.8. The Morgan fingerprint density at radius 3 is 0.661 bits per heavy atom. The van der Waals surface area contributed by atoms with Crippen LogP contribution in [-0.2, 0) is 0 Å². The highest BCUT2D eigenvalue weighted by Crippen LogP contribution is 2.48. The van der Waals surface area contributed by atoms with Crippen LogP contribution in [0.25, 0.3) is 204 Å². The average molecular weight is 1470 g/mol. The Labute approximate surface area is 661 Å². The van der Waals surface area contributed by atoms with Gasteiger partial charge in [-0.2, -0.15) is 0 Å². The van der Waals surface area contributed by atoms with Crippen LogP contribution in [0.15, 0.2) is 431 Å². The summed E-state index contributed by atoms with van der Waals surface area (Å²) in [6.07, 6.45) is 0. The van der Waals surface area contributed by atoms with Gasteiger partial charge in [-0.1, -0.05) is 279 Å². The molecule has 25 aromatic rings. The van der Waals surface area contributed by atoms with Crippen molar-refractivity contribution in [3.63, 3.8) is 0 Å². The second-order valence-electron chi connectivity index (χ2n) is 29.9. The highest BCUT2D eigenvalue weighted by atomic mass is 15.1. The first-order chi connectivity index (χ1) is 57.1. The van der Waals surface area contributed by atoms with Gasteiger partial charge in [0.1, 0.15) is 0 Å². The second-order valence-corrected chi connectivity index (χ2v) is 29.9. The lowest BCUT2D eigenvalue weighted by Gasteiger charge is -2.17. The molecule has 115 heavy (non-hydrogen) atoms. The summed E-state index contributed by atoms with van der Waals surface area (Å²) >= 11 is 0. The molecule has 0 aliphatic carbocycles. The smallest absolute Gasteiger partial charge is 0.0810 e. The van der Waals surface area contributed by atoms with E-state index in [9.17, 15) is 0 Å². The van der Waals surface area contributed by atoms with Crippen LogP contribution < -0.4 is 0 Å². The van der Waals surface area contributed by atoms with Crippen LogP contribution in [-0.4, -0.2) is 32.0 Å². The lowest BCUT2D eigenvalue weighted by Crippen LogP contribution is -2.02. The van der Waals surface area contributed by atoms with Gasteiger partial charge in [0.2, 0.25) is 0 Å². The first-order valence-corrected chi connectivity index (χ1v) is 39.5. The molecular weight excluding hydrogens is 1400 g/mol. The molecule has 538 valence electrons. The average Bonchev–Trinajstić information content (AvgIpc) is 1.53. The van der Waals surface area contributed by atoms with E-state index in [0.29, 0.717) is 0 Å². The van der Waals surface area contributed by atoms with Gasteiger partial charge in [0, 0.05) is 110 Å². The topological polar surface area (TPSA) is 34.5 Å². The van der Waals surface area contributed by atoms with E-state index in [1.54, 1.807) is 0 Å². The summed E-state index contributed by atoms with van der Waals surface area (Å²) in [6.45, 7) is 0. The van der Waals surface area contributed by atoms with Crippen LogP contribution in [0.5, 0.6) is 0 Å². The van der Waals surface area contributed by atoms with Gasteiger partial charge in [-0.15, -0.1) is 0 Å². The summed E-state index contributed by atoms with van der Waals surface area (Å²) < 4.78 is 17.0. The molecule has 0 saturated heterocycles. The summed E-state index contributed by atoms with van der Waals surface area (Å²) in [4.78, 5) is 0. The van der Waals surface area contributed by atoms with Crippen molar-refractivity contribution >= 4 is 153 Å². The van der Waals surface area contributed by atoms with Crippen molar-refractivity contribution in [1.82, 2.24) is 32.0 Å². The molecule has 7 heterocycles. The minimum Gasteiger partial charge on any atom is -0.309 e. The first kappa shape index (κ1) is 65.4. The largest absolute Gasteiger partial charge is 0.309 e. The van der Waals surface area contributed by atoms with Crippen molar-refractivity contribution in [2.45, 2.75) is 0 Å². The summed E-state index contributed by atoms with van der Waals surface area (Å²) in [5.41, 5.74) is 27.7. The molecule has 7 heteroatoms. The fraction of sp³-hybridized carbons (Fsp3) is 0. The minimum absolute atomic E-state index is 1.15. The zero-order valence-electron chi connectivity index (χ0n) is 62.6. The second kappa shape index (κ2) is 26.7. The summed E-state index contributed by atoms with van der Waals surface area (Å²) in [5, 5.41) is 17.6. The number of fused-ring (bicyclic) bond motifs is 21. The molecule has 0 unspecified atom stereocenters. The molecule has 0 aliphatic heterocycles. The molecule has 18 aromatic carbocycles. The van der Waals surface area contributed by atoms with Crippen LogP contribution in [0.4, 0.5) is 0 Å². The third-order valence-corrected chi connectivity index (χ3v) is 23.6. The van der Waals surface area contributed by atoms with E-state index in [-0.39, 0.29) is 0 Å². The Hall–Kier alpha value is -15.4. The number of hydrogen-bond acceptors (Lipinski definition) is 0. The van der Waals surface area contributed by atoms with Gasteiger partial charge in [-0.3, -0.25) is 0 Å². The molecule has 0 bridgehead atoms. The molecule has 0 atom stereocenters. The van der Waals surface area contributed by atoms with Gasteiger partial charge < -0.3 is 32.0 Å². The predicted octanol–water partition coefficient (Wildman–Crippen LogP) is 28.4. The Morgan fingerprint density at radius 1 is 0.122 bits per heavy atom. The van der Waals surface area contributed by atoms with Gasteiger partial charge in [0.15, 0.2) is 0 Å². The van der Waals surface area contributed by atoms with Crippen LogP contribution in [0.2, 0.25) is 0 Å². The fourth-order valence-electron chi connectivity index (χ4n) is 18.8.